The predicted molar refractivity (Wildman–Crippen MR) is 93.3 cm³/mol. The van der Waals surface area contributed by atoms with Crippen molar-refractivity contribution in [2.75, 3.05) is 13.1 Å². The van der Waals surface area contributed by atoms with Crippen LogP contribution in [0.4, 0.5) is 0 Å². The van der Waals surface area contributed by atoms with Gasteiger partial charge < -0.3 is 10.6 Å². The van der Waals surface area contributed by atoms with E-state index in [9.17, 15) is 14.4 Å². The third kappa shape index (κ3) is 2.71. The number of hydrogen-bond donors (Lipinski definition) is 1. The Labute approximate surface area is 148 Å². The summed E-state index contributed by atoms with van der Waals surface area (Å²) in [6.07, 6.45) is 2.53. The molecule has 3 heterocycles. The van der Waals surface area contributed by atoms with Gasteiger partial charge in [0.1, 0.15) is 12.9 Å². The Morgan fingerprint density at radius 3 is 2.65 bits per heavy atom. The number of carbonyl (C=O) groups is 2. The Hall–Kier alpha value is -3.23. The topological polar surface area (TPSA) is 116 Å². The Balaban J connectivity index is 1.59. The number of fused-ring (bicyclic) bond motifs is 3. The van der Waals surface area contributed by atoms with E-state index in [1.165, 1.54) is 10.7 Å². The molecule has 2 N–H and O–H groups in total. The fourth-order valence-electron chi connectivity index (χ4n) is 3.35. The molecule has 0 spiro atoms. The molecule has 3 aromatic rings. The number of rotatable bonds is 3. The van der Waals surface area contributed by atoms with Crippen LogP contribution in [-0.2, 0) is 16.1 Å². The van der Waals surface area contributed by atoms with Gasteiger partial charge in [0.25, 0.3) is 0 Å². The summed E-state index contributed by atoms with van der Waals surface area (Å²) >= 11 is 0. The zero-order chi connectivity index (χ0) is 18.3. The molecule has 4 rings (SSSR count). The number of carbonyl (C=O) groups excluding carboxylic acids is 2. The van der Waals surface area contributed by atoms with Gasteiger partial charge in [-0.3, -0.25) is 9.59 Å². The van der Waals surface area contributed by atoms with Crippen molar-refractivity contribution >= 4 is 28.4 Å². The van der Waals surface area contributed by atoms with Gasteiger partial charge in [0, 0.05) is 24.4 Å². The standard InChI is InChI=1S/C17H18N6O3/c18-15(25)11-5-7-21(8-6-11)14(24)9-23-17(26)22-10-19-13-4-2-1-3-12(13)16(22)20-23/h1-4,10-11H,5-9H2,(H2,18,25). The molecule has 2 amide bonds. The van der Waals surface area contributed by atoms with Gasteiger partial charge in [-0.15, -0.1) is 5.10 Å². The summed E-state index contributed by atoms with van der Waals surface area (Å²) in [7, 11) is 0. The second-order valence-electron chi connectivity index (χ2n) is 6.45. The van der Waals surface area contributed by atoms with Crippen molar-refractivity contribution in [3.05, 3.63) is 41.1 Å². The number of amides is 2. The van der Waals surface area contributed by atoms with Crippen molar-refractivity contribution < 1.29 is 9.59 Å². The second kappa shape index (κ2) is 6.25. The van der Waals surface area contributed by atoms with E-state index in [1.54, 1.807) is 4.90 Å². The zero-order valence-electron chi connectivity index (χ0n) is 14.0. The number of nitrogens with two attached hydrogens (primary N) is 1. The van der Waals surface area contributed by atoms with Gasteiger partial charge in [0.15, 0.2) is 5.65 Å². The summed E-state index contributed by atoms with van der Waals surface area (Å²) in [4.78, 5) is 42.2. The van der Waals surface area contributed by atoms with E-state index in [4.69, 9.17) is 5.73 Å². The van der Waals surface area contributed by atoms with Gasteiger partial charge >= 0.3 is 5.69 Å². The van der Waals surface area contributed by atoms with Crippen molar-refractivity contribution in [1.82, 2.24) is 24.1 Å². The van der Waals surface area contributed by atoms with Crippen LogP contribution in [0.15, 0.2) is 35.4 Å². The predicted octanol–water partition coefficient (Wildman–Crippen LogP) is -0.232. The Morgan fingerprint density at radius 2 is 1.92 bits per heavy atom. The molecule has 0 aliphatic carbocycles. The normalized spacial score (nSPS) is 15.6. The highest BCUT2D eigenvalue weighted by molar-refractivity contribution is 5.90. The monoisotopic (exact) mass is 354 g/mol. The molecule has 9 nitrogen and oxygen atoms in total. The third-order valence-corrected chi connectivity index (χ3v) is 4.86. The van der Waals surface area contributed by atoms with Gasteiger partial charge in [-0.25, -0.2) is 18.9 Å². The number of nitrogens with zero attached hydrogens (tertiary/aromatic N) is 5. The van der Waals surface area contributed by atoms with E-state index in [1.807, 2.05) is 24.3 Å². The highest BCUT2D eigenvalue weighted by Gasteiger charge is 2.26. The molecule has 0 unspecified atom stereocenters. The molecule has 1 aliphatic rings. The summed E-state index contributed by atoms with van der Waals surface area (Å²) in [5.74, 6) is -0.710. The minimum atomic E-state index is -0.404. The lowest BCUT2D eigenvalue weighted by Crippen LogP contribution is -2.44. The van der Waals surface area contributed by atoms with Crippen molar-refractivity contribution in [2.45, 2.75) is 19.4 Å². The summed E-state index contributed by atoms with van der Waals surface area (Å²) in [6.45, 7) is 0.772. The molecule has 1 saturated heterocycles. The fraction of sp³-hybridized carbons (Fsp3) is 0.353. The molecule has 26 heavy (non-hydrogen) atoms. The average molecular weight is 354 g/mol. The maximum Gasteiger partial charge on any atom is 0.352 e. The van der Waals surface area contributed by atoms with Gasteiger partial charge in [-0.1, -0.05) is 12.1 Å². The molecule has 1 aliphatic heterocycles. The fourth-order valence-corrected chi connectivity index (χ4v) is 3.35. The highest BCUT2D eigenvalue weighted by atomic mass is 16.2. The molecule has 1 aromatic carbocycles. The molecular formula is C17H18N6O3. The summed E-state index contributed by atoms with van der Waals surface area (Å²) < 4.78 is 2.50. The molecule has 2 aromatic heterocycles. The maximum absolute atomic E-state index is 12.5. The van der Waals surface area contributed by atoms with Crippen molar-refractivity contribution in [3.63, 3.8) is 0 Å². The number of primary amides is 1. The first-order valence-corrected chi connectivity index (χ1v) is 8.44. The average Bonchev–Trinajstić information content (AvgIpc) is 2.98. The molecule has 1 fully saturated rings. The number of likely N-dealkylation sites (tertiary alicyclic amines) is 1. The Kier molecular flexibility index (Phi) is 3.90. The smallest absolute Gasteiger partial charge is 0.352 e. The van der Waals surface area contributed by atoms with Gasteiger partial charge in [0.05, 0.1) is 5.52 Å². The van der Waals surface area contributed by atoms with E-state index in [-0.39, 0.29) is 24.3 Å². The van der Waals surface area contributed by atoms with Crippen LogP contribution in [0.3, 0.4) is 0 Å². The molecule has 0 saturated carbocycles. The molecular weight excluding hydrogens is 336 g/mol. The van der Waals surface area contributed by atoms with Crippen LogP contribution < -0.4 is 11.4 Å². The van der Waals surface area contributed by atoms with Gasteiger partial charge in [-0.2, -0.15) is 0 Å². The lowest BCUT2D eigenvalue weighted by Gasteiger charge is -2.30. The van der Waals surface area contributed by atoms with Crippen molar-refractivity contribution in [1.29, 1.82) is 0 Å². The van der Waals surface area contributed by atoms with Crippen LogP contribution in [0.5, 0.6) is 0 Å². The van der Waals surface area contributed by atoms with Crippen LogP contribution in [0.1, 0.15) is 12.8 Å². The van der Waals surface area contributed by atoms with Crippen LogP contribution in [0.2, 0.25) is 0 Å². The summed E-state index contributed by atoms with van der Waals surface area (Å²) in [5, 5.41) is 5.07. The SMILES string of the molecule is NC(=O)C1CCN(C(=O)Cn2nc3c4ccccc4ncn3c2=O)CC1. The minimum Gasteiger partial charge on any atom is -0.369 e. The van der Waals surface area contributed by atoms with Crippen LogP contribution in [0.25, 0.3) is 16.6 Å². The van der Waals surface area contributed by atoms with E-state index in [2.05, 4.69) is 10.1 Å². The first-order valence-electron chi connectivity index (χ1n) is 8.44. The largest absolute Gasteiger partial charge is 0.369 e. The molecule has 0 atom stereocenters. The van der Waals surface area contributed by atoms with Crippen LogP contribution in [-0.4, -0.2) is 49.0 Å². The Morgan fingerprint density at radius 1 is 1.19 bits per heavy atom. The van der Waals surface area contributed by atoms with E-state index >= 15 is 0 Å². The van der Waals surface area contributed by atoms with Crippen LogP contribution in [0, 0.1) is 5.92 Å². The molecule has 0 radical (unpaired) electrons. The number of benzene rings is 1. The maximum atomic E-state index is 12.5. The van der Waals surface area contributed by atoms with Crippen molar-refractivity contribution in [3.8, 4) is 0 Å². The lowest BCUT2D eigenvalue weighted by atomic mass is 9.96. The first kappa shape index (κ1) is 16.2. The number of piperidine rings is 1. The van der Waals surface area contributed by atoms with E-state index in [0.29, 0.717) is 31.6 Å². The number of hydrogen-bond acceptors (Lipinski definition) is 5. The van der Waals surface area contributed by atoms with Crippen molar-refractivity contribution in [2.24, 2.45) is 11.7 Å². The number of aromatic nitrogens is 4. The lowest BCUT2D eigenvalue weighted by molar-refractivity contribution is -0.135. The van der Waals surface area contributed by atoms with Gasteiger partial charge in [0.2, 0.25) is 11.8 Å². The minimum absolute atomic E-state index is 0.143. The molecule has 134 valence electrons. The van der Waals surface area contributed by atoms with Gasteiger partial charge in [-0.05, 0) is 25.0 Å². The first-order chi connectivity index (χ1) is 12.5. The highest BCUT2D eigenvalue weighted by Crippen LogP contribution is 2.17. The van der Waals surface area contributed by atoms with Crippen LogP contribution >= 0.6 is 0 Å². The second-order valence-corrected chi connectivity index (χ2v) is 6.45. The quantitative estimate of drug-likeness (QED) is 0.697. The van der Waals surface area contributed by atoms with E-state index in [0.717, 1.165) is 15.6 Å². The molecule has 9 heteroatoms. The summed E-state index contributed by atoms with van der Waals surface area (Å²) in [5.41, 5.74) is 6.12. The third-order valence-electron chi connectivity index (χ3n) is 4.86. The zero-order valence-corrected chi connectivity index (χ0v) is 14.0. The number of para-hydroxylation sites is 1. The Bertz CT molecular complexity index is 1060. The molecule has 0 bridgehead atoms. The van der Waals surface area contributed by atoms with E-state index < -0.39 is 5.69 Å². The summed E-state index contributed by atoms with van der Waals surface area (Å²) in [6, 6.07) is 7.39.